The number of nitrogens with one attached hydrogen (secondary N) is 1. The summed E-state index contributed by atoms with van der Waals surface area (Å²) in [6.45, 7) is 4.72. The molecule has 2 aromatic rings. The Labute approximate surface area is 153 Å². The lowest BCUT2D eigenvalue weighted by Crippen LogP contribution is -2.44. The second kappa shape index (κ2) is 7.36. The van der Waals surface area contributed by atoms with Crippen molar-refractivity contribution in [3.8, 4) is 5.75 Å². The fourth-order valence-corrected chi connectivity index (χ4v) is 3.43. The monoisotopic (exact) mass is 358 g/mol. The lowest BCUT2D eigenvalue weighted by molar-refractivity contribution is -0.117. The van der Waals surface area contributed by atoms with Crippen molar-refractivity contribution in [3.63, 3.8) is 0 Å². The molecule has 25 heavy (non-hydrogen) atoms. The third kappa shape index (κ3) is 3.59. The van der Waals surface area contributed by atoms with E-state index in [-0.39, 0.29) is 11.9 Å². The van der Waals surface area contributed by atoms with Gasteiger partial charge in [-0.25, -0.2) is 0 Å². The number of carbonyl (C=O) groups is 1. The summed E-state index contributed by atoms with van der Waals surface area (Å²) >= 11 is 6.14. The van der Waals surface area contributed by atoms with Crippen LogP contribution in [0.3, 0.4) is 0 Å². The van der Waals surface area contributed by atoms with E-state index in [4.69, 9.17) is 16.3 Å². The van der Waals surface area contributed by atoms with E-state index < -0.39 is 0 Å². The Balaban J connectivity index is 1.82. The third-order valence-electron chi connectivity index (χ3n) is 4.73. The number of hydrogen-bond acceptors (Lipinski definition) is 3. The third-order valence-corrected chi connectivity index (χ3v) is 5.14. The molecule has 1 aliphatic heterocycles. The normalized spacial score (nSPS) is 14.6. The summed E-state index contributed by atoms with van der Waals surface area (Å²) in [5.74, 6) is 0.506. The average Bonchev–Trinajstić information content (AvgIpc) is 2.63. The molecule has 1 heterocycles. The van der Waals surface area contributed by atoms with Gasteiger partial charge in [-0.05, 0) is 49.9 Å². The fraction of sp³-hybridized carbons (Fsp3) is 0.350. The zero-order chi connectivity index (χ0) is 18.0. The van der Waals surface area contributed by atoms with Crippen LogP contribution in [-0.4, -0.2) is 25.6 Å². The van der Waals surface area contributed by atoms with E-state index in [0.717, 1.165) is 30.6 Å². The molecule has 132 valence electrons. The number of nitrogens with zero attached hydrogens (tertiary/aromatic N) is 1. The van der Waals surface area contributed by atoms with E-state index in [1.807, 2.05) is 26.0 Å². The minimum atomic E-state index is -0.276. The summed E-state index contributed by atoms with van der Waals surface area (Å²) < 4.78 is 5.35. The maximum Gasteiger partial charge on any atom is 0.246 e. The summed E-state index contributed by atoms with van der Waals surface area (Å²) in [6, 6.07) is 11.6. The van der Waals surface area contributed by atoms with Crippen LogP contribution in [0.15, 0.2) is 36.4 Å². The number of halogens is 1. The topological polar surface area (TPSA) is 41.6 Å². The van der Waals surface area contributed by atoms with Crippen LogP contribution in [0.2, 0.25) is 5.02 Å². The highest BCUT2D eigenvalue weighted by Crippen LogP contribution is 2.32. The van der Waals surface area contributed by atoms with Crippen LogP contribution >= 0.6 is 11.6 Å². The second-order valence-electron chi connectivity index (χ2n) is 6.39. The number of amides is 1. The van der Waals surface area contributed by atoms with Gasteiger partial charge in [0.15, 0.2) is 0 Å². The van der Waals surface area contributed by atoms with Gasteiger partial charge in [0.25, 0.3) is 0 Å². The minimum Gasteiger partial charge on any atom is -0.495 e. The molecule has 1 aliphatic rings. The number of aryl methyl sites for hydroxylation is 2. The number of methoxy groups -OCH3 is 1. The quantitative estimate of drug-likeness (QED) is 0.878. The van der Waals surface area contributed by atoms with Gasteiger partial charge in [0.2, 0.25) is 5.91 Å². The van der Waals surface area contributed by atoms with Gasteiger partial charge < -0.3 is 15.0 Å². The van der Waals surface area contributed by atoms with Crippen LogP contribution in [0.5, 0.6) is 5.75 Å². The Hall–Kier alpha value is -2.20. The Bertz CT molecular complexity index is 791. The van der Waals surface area contributed by atoms with E-state index in [1.54, 1.807) is 13.2 Å². The lowest BCUT2D eigenvalue weighted by Gasteiger charge is -2.35. The summed E-state index contributed by atoms with van der Waals surface area (Å²) in [5, 5.41) is 3.61. The number of para-hydroxylation sites is 1. The standard InChI is InChI=1S/C20H23ClN2O2/c1-13-11-17(19(25-3)12-16(13)21)22-20(24)14(2)23-10-6-8-15-7-4-5-9-18(15)23/h4-5,7,9,11-12,14H,6,8,10H2,1-3H3,(H,22,24)/t14-/m1/s1. The van der Waals surface area contributed by atoms with Crippen molar-refractivity contribution in [3.05, 3.63) is 52.5 Å². The molecule has 0 saturated carbocycles. The number of ether oxygens (including phenoxy) is 1. The molecule has 0 bridgehead atoms. The minimum absolute atomic E-state index is 0.0586. The first-order valence-electron chi connectivity index (χ1n) is 8.51. The van der Waals surface area contributed by atoms with E-state index >= 15 is 0 Å². The molecule has 2 aromatic carbocycles. The molecule has 0 aliphatic carbocycles. The Morgan fingerprint density at radius 3 is 2.84 bits per heavy atom. The van der Waals surface area contributed by atoms with Crippen LogP contribution < -0.4 is 15.0 Å². The highest BCUT2D eigenvalue weighted by molar-refractivity contribution is 6.31. The van der Waals surface area contributed by atoms with Gasteiger partial charge >= 0.3 is 0 Å². The first-order valence-corrected chi connectivity index (χ1v) is 8.88. The molecule has 0 fully saturated rings. The summed E-state index contributed by atoms with van der Waals surface area (Å²) in [4.78, 5) is 15.0. The molecule has 0 spiro atoms. The van der Waals surface area contributed by atoms with E-state index in [2.05, 4.69) is 28.4 Å². The van der Waals surface area contributed by atoms with Crippen LogP contribution in [0.25, 0.3) is 0 Å². The number of hydrogen-bond donors (Lipinski definition) is 1. The van der Waals surface area contributed by atoms with Crippen LogP contribution in [0.4, 0.5) is 11.4 Å². The van der Waals surface area contributed by atoms with Gasteiger partial charge in [0.1, 0.15) is 11.8 Å². The number of benzene rings is 2. The maximum atomic E-state index is 12.8. The van der Waals surface area contributed by atoms with Crippen molar-refractivity contribution in [2.45, 2.75) is 32.7 Å². The molecule has 0 radical (unpaired) electrons. The van der Waals surface area contributed by atoms with Gasteiger partial charge in [0, 0.05) is 23.3 Å². The van der Waals surface area contributed by atoms with Gasteiger partial charge in [-0.2, -0.15) is 0 Å². The summed E-state index contributed by atoms with van der Waals surface area (Å²) in [7, 11) is 1.57. The highest BCUT2D eigenvalue weighted by Gasteiger charge is 2.26. The van der Waals surface area contributed by atoms with E-state index in [0.29, 0.717) is 16.5 Å². The number of carbonyl (C=O) groups excluding carboxylic acids is 1. The zero-order valence-corrected chi connectivity index (χ0v) is 15.6. The number of rotatable bonds is 4. The fourth-order valence-electron chi connectivity index (χ4n) is 3.27. The summed E-state index contributed by atoms with van der Waals surface area (Å²) in [5.41, 5.74) is 3.99. The SMILES string of the molecule is COc1cc(Cl)c(C)cc1NC(=O)[C@@H](C)N1CCCc2ccccc21. The van der Waals surface area contributed by atoms with Gasteiger partial charge in [-0.3, -0.25) is 4.79 Å². The average molecular weight is 359 g/mol. The van der Waals surface area contributed by atoms with Gasteiger partial charge in [-0.15, -0.1) is 0 Å². The molecule has 5 heteroatoms. The largest absolute Gasteiger partial charge is 0.495 e. The lowest BCUT2D eigenvalue weighted by atomic mass is 10.00. The molecular formula is C20H23ClN2O2. The van der Waals surface area contributed by atoms with Crippen LogP contribution in [-0.2, 0) is 11.2 Å². The van der Waals surface area contributed by atoms with Crippen molar-refractivity contribution in [2.24, 2.45) is 0 Å². The smallest absolute Gasteiger partial charge is 0.246 e. The van der Waals surface area contributed by atoms with Crippen molar-refractivity contribution >= 4 is 28.9 Å². The number of anilines is 2. The van der Waals surface area contributed by atoms with Crippen molar-refractivity contribution < 1.29 is 9.53 Å². The Kier molecular flexibility index (Phi) is 5.19. The molecule has 4 nitrogen and oxygen atoms in total. The maximum absolute atomic E-state index is 12.8. The van der Waals surface area contributed by atoms with Crippen molar-refractivity contribution in [1.82, 2.24) is 0 Å². The second-order valence-corrected chi connectivity index (χ2v) is 6.80. The molecule has 1 atom stereocenters. The molecule has 3 rings (SSSR count). The Morgan fingerprint density at radius 1 is 1.32 bits per heavy atom. The predicted octanol–water partition coefficient (Wildman–Crippen LogP) is 4.44. The Morgan fingerprint density at radius 2 is 2.08 bits per heavy atom. The molecule has 1 amide bonds. The zero-order valence-electron chi connectivity index (χ0n) is 14.8. The molecular weight excluding hydrogens is 336 g/mol. The molecule has 0 aromatic heterocycles. The van der Waals surface area contributed by atoms with Gasteiger partial charge in [-0.1, -0.05) is 29.8 Å². The van der Waals surface area contributed by atoms with Gasteiger partial charge in [0.05, 0.1) is 12.8 Å². The molecule has 0 unspecified atom stereocenters. The molecule has 1 N–H and O–H groups in total. The van der Waals surface area contributed by atoms with E-state index in [9.17, 15) is 4.79 Å². The number of fused-ring (bicyclic) bond motifs is 1. The van der Waals surface area contributed by atoms with Crippen LogP contribution in [0, 0.1) is 6.92 Å². The first-order chi connectivity index (χ1) is 12.0. The predicted molar refractivity (Wildman–Crippen MR) is 103 cm³/mol. The van der Waals surface area contributed by atoms with Crippen molar-refractivity contribution in [2.75, 3.05) is 23.9 Å². The van der Waals surface area contributed by atoms with Crippen LogP contribution in [0.1, 0.15) is 24.5 Å². The van der Waals surface area contributed by atoms with Crippen molar-refractivity contribution in [1.29, 1.82) is 0 Å². The summed E-state index contributed by atoms with van der Waals surface area (Å²) in [6.07, 6.45) is 2.11. The molecule has 0 saturated heterocycles. The first kappa shape index (κ1) is 17.6. The van der Waals surface area contributed by atoms with E-state index in [1.165, 1.54) is 5.56 Å². The highest BCUT2D eigenvalue weighted by atomic mass is 35.5.